The van der Waals surface area contributed by atoms with E-state index >= 15 is 0 Å². The van der Waals surface area contributed by atoms with Crippen LogP contribution < -0.4 is 5.32 Å². The lowest BCUT2D eigenvalue weighted by atomic mass is 9.70. The lowest BCUT2D eigenvalue weighted by Gasteiger charge is -2.34. The first-order valence-corrected chi connectivity index (χ1v) is 9.39. The van der Waals surface area contributed by atoms with E-state index in [2.05, 4.69) is 21.2 Å². The highest BCUT2D eigenvalue weighted by Gasteiger charge is 2.48. The van der Waals surface area contributed by atoms with Gasteiger partial charge in [-0.05, 0) is 51.3 Å². The van der Waals surface area contributed by atoms with Gasteiger partial charge in [-0.1, -0.05) is 40.9 Å². The number of amides is 1. The molecular formula is C19H26BrNO4. The summed E-state index contributed by atoms with van der Waals surface area (Å²) < 4.78 is 6.19. The maximum absolute atomic E-state index is 12.1. The smallest absolute Gasteiger partial charge is 0.407 e. The molecular weight excluding hydrogens is 386 g/mol. The number of aliphatic carboxylic acids is 1. The van der Waals surface area contributed by atoms with E-state index < -0.39 is 23.1 Å². The first-order chi connectivity index (χ1) is 11.6. The third-order valence-corrected chi connectivity index (χ3v) is 5.18. The molecule has 1 saturated carbocycles. The minimum atomic E-state index is -0.851. The summed E-state index contributed by atoms with van der Waals surface area (Å²) >= 11 is 3.45. The minimum Gasteiger partial charge on any atom is -0.481 e. The van der Waals surface area contributed by atoms with Crippen molar-refractivity contribution in [1.82, 2.24) is 5.32 Å². The predicted octanol–water partition coefficient (Wildman–Crippen LogP) is 4.70. The van der Waals surface area contributed by atoms with E-state index in [1.54, 1.807) is 20.8 Å². The van der Waals surface area contributed by atoms with E-state index in [4.69, 9.17) is 4.74 Å². The van der Waals surface area contributed by atoms with Gasteiger partial charge in [0.05, 0.1) is 5.41 Å². The molecule has 1 atom stereocenters. The van der Waals surface area contributed by atoms with Gasteiger partial charge >= 0.3 is 12.1 Å². The molecule has 0 saturated heterocycles. The van der Waals surface area contributed by atoms with Gasteiger partial charge in [-0.2, -0.15) is 0 Å². The molecule has 6 heteroatoms. The molecule has 1 amide bonds. The summed E-state index contributed by atoms with van der Waals surface area (Å²) in [5.74, 6) is -1.10. The first kappa shape index (κ1) is 19.8. The third kappa shape index (κ3) is 4.97. The lowest BCUT2D eigenvalue weighted by Crippen LogP contribution is -2.42. The fourth-order valence-electron chi connectivity index (χ4n) is 3.57. The van der Waals surface area contributed by atoms with Gasteiger partial charge in [-0.3, -0.25) is 4.79 Å². The molecule has 0 spiro atoms. The second kappa shape index (κ2) is 7.77. The van der Waals surface area contributed by atoms with E-state index in [1.165, 1.54) is 0 Å². The monoisotopic (exact) mass is 411 g/mol. The van der Waals surface area contributed by atoms with E-state index in [0.29, 0.717) is 12.8 Å². The van der Waals surface area contributed by atoms with E-state index in [9.17, 15) is 14.7 Å². The molecule has 138 valence electrons. The van der Waals surface area contributed by atoms with Gasteiger partial charge in [0.1, 0.15) is 5.60 Å². The average Bonchev–Trinajstić information content (AvgIpc) is 2.96. The molecule has 0 aromatic heterocycles. The molecule has 25 heavy (non-hydrogen) atoms. The van der Waals surface area contributed by atoms with Crippen molar-refractivity contribution < 1.29 is 19.4 Å². The Bertz CT molecular complexity index is 633. The molecule has 1 aliphatic rings. The number of nitrogens with one attached hydrogen (secondary N) is 1. The molecule has 2 rings (SSSR count). The van der Waals surface area contributed by atoms with E-state index in [0.717, 1.165) is 22.9 Å². The van der Waals surface area contributed by atoms with Crippen molar-refractivity contribution in [1.29, 1.82) is 0 Å². The summed E-state index contributed by atoms with van der Waals surface area (Å²) in [6.07, 6.45) is 2.50. The van der Waals surface area contributed by atoms with Crippen molar-refractivity contribution >= 4 is 28.0 Å². The Balaban J connectivity index is 2.27. The number of alkyl carbamates (subject to hydrolysis) is 1. The number of carbonyl (C=O) groups is 2. The Hall–Kier alpha value is -1.56. The molecule has 0 bridgehead atoms. The minimum absolute atomic E-state index is 0.234. The molecule has 1 aromatic carbocycles. The van der Waals surface area contributed by atoms with Gasteiger partial charge < -0.3 is 15.2 Å². The summed E-state index contributed by atoms with van der Waals surface area (Å²) in [6.45, 7) is 5.63. The van der Waals surface area contributed by atoms with Crippen LogP contribution in [0.25, 0.3) is 0 Å². The SMILES string of the molecule is CC(C)(C)OC(=O)NCC(c1cccc(Br)c1)C1(C(=O)O)CCCC1. The summed E-state index contributed by atoms with van der Waals surface area (Å²) in [5.41, 5.74) is -0.530. The quantitative estimate of drug-likeness (QED) is 0.735. The summed E-state index contributed by atoms with van der Waals surface area (Å²) in [5, 5.41) is 12.7. The Labute approximate surface area is 157 Å². The molecule has 1 unspecified atom stereocenters. The van der Waals surface area contributed by atoms with Crippen LogP contribution in [-0.4, -0.2) is 29.3 Å². The Morgan fingerprint density at radius 1 is 1.32 bits per heavy atom. The number of carbonyl (C=O) groups excluding carboxylic acids is 1. The van der Waals surface area contributed by atoms with Crippen LogP contribution >= 0.6 is 15.9 Å². The number of hydrogen-bond donors (Lipinski definition) is 2. The second-order valence-corrected chi connectivity index (χ2v) is 8.57. The maximum atomic E-state index is 12.1. The number of hydrogen-bond acceptors (Lipinski definition) is 3. The van der Waals surface area contributed by atoms with Crippen molar-refractivity contribution in [3.05, 3.63) is 34.3 Å². The molecule has 0 heterocycles. The zero-order chi connectivity index (χ0) is 18.7. The average molecular weight is 412 g/mol. The van der Waals surface area contributed by atoms with Gasteiger partial charge in [0, 0.05) is 16.9 Å². The highest BCUT2D eigenvalue weighted by molar-refractivity contribution is 9.10. The number of rotatable bonds is 5. The standard InChI is InChI=1S/C19H26BrNO4/c1-18(2,3)25-17(24)21-12-15(13-7-6-8-14(20)11-13)19(16(22)23)9-4-5-10-19/h6-8,11,15H,4-5,9-10,12H2,1-3H3,(H,21,24)(H,22,23). The fraction of sp³-hybridized carbons (Fsp3) is 0.579. The van der Waals surface area contributed by atoms with Gasteiger partial charge in [-0.15, -0.1) is 0 Å². The summed E-state index contributed by atoms with van der Waals surface area (Å²) in [4.78, 5) is 24.2. The number of benzene rings is 1. The van der Waals surface area contributed by atoms with E-state index in [1.807, 2.05) is 24.3 Å². The second-order valence-electron chi connectivity index (χ2n) is 7.66. The van der Waals surface area contributed by atoms with Gasteiger partial charge in [0.25, 0.3) is 0 Å². The van der Waals surface area contributed by atoms with Crippen LogP contribution in [0.15, 0.2) is 28.7 Å². The Kier molecular flexibility index (Phi) is 6.14. The van der Waals surface area contributed by atoms with Crippen LogP contribution in [0.2, 0.25) is 0 Å². The molecule has 1 aliphatic carbocycles. The number of halogens is 1. The predicted molar refractivity (Wildman–Crippen MR) is 99.7 cm³/mol. The van der Waals surface area contributed by atoms with Gasteiger partial charge in [-0.25, -0.2) is 4.79 Å². The van der Waals surface area contributed by atoms with Crippen molar-refractivity contribution in [2.24, 2.45) is 5.41 Å². The van der Waals surface area contributed by atoms with Crippen molar-refractivity contribution in [3.63, 3.8) is 0 Å². The van der Waals surface area contributed by atoms with Crippen LogP contribution in [0.4, 0.5) is 4.79 Å². The number of carboxylic acid groups (broad SMARTS) is 1. The van der Waals surface area contributed by atoms with Gasteiger partial charge in [0.2, 0.25) is 0 Å². The normalized spacial score (nSPS) is 17.8. The summed E-state index contributed by atoms with van der Waals surface area (Å²) in [7, 11) is 0. The van der Waals surface area contributed by atoms with Crippen molar-refractivity contribution in [3.8, 4) is 0 Å². The molecule has 0 aliphatic heterocycles. The zero-order valence-electron chi connectivity index (χ0n) is 15.0. The molecule has 1 aromatic rings. The van der Waals surface area contributed by atoms with Crippen LogP contribution in [0, 0.1) is 5.41 Å². The zero-order valence-corrected chi connectivity index (χ0v) is 16.6. The fourth-order valence-corrected chi connectivity index (χ4v) is 3.99. The third-order valence-electron chi connectivity index (χ3n) is 4.69. The van der Waals surface area contributed by atoms with Gasteiger partial charge in [0.15, 0.2) is 0 Å². The largest absolute Gasteiger partial charge is 0.481 e. The highest BCUT2D eigenvalue weighted by atomic mass is 79.9. The Morgan fingerprint density at radius 3 is 2.48 bits per heavy atom. The van der Waals surface area contributed by atoms with Crippen molar-refractivity contribution in [2.75, 3.05) is 6.54 Å². The molecule has 5 nitrogen and oxygen atoms in total. The van der Waals surface area contributed by atoms with Crippen LogP contribution in [0.3, 0.4) is 0 Å². The van der Waals surface area contributed by atoms with E-state index in [-0.39, 0.29) is 12.5 Å². The molecule has 1 fully saturated rings. The van der Waals surface area contributed by atoms with Crippen LogP contribution in [0.1, 0.15) is 57.9 Å². The number of carboxylic acids is 1. The molecule has 0 radical (unpaired) electrons. The first-order valence-electron chi connectivity index (χ1n) is 8.60. The highest BCUT2D eigenvalue weighted by Crippen LogP contribution is 2.49. The number of ether oxygens (including phenoxy) is 1. The Morgan fingerprint density at radius 2 is 1.96 bits per heavy atom. The molecule has 2 N–H and O–H groups in total. The van der Waals surface area contributed by atoms with Crippen LogP contribution in [0.5, 0.6) is 0 Å². The topological polar surface area (TPSA) is 75.6 Å². The van der Waals surface area contributed by atoms with Crippen LogP contribution in [-0.2, 0) is 9.53 Å². The summed E-state index contributed by atoms with van der Waals surface area (Å²) in [6, 6.07) is 7.66. The van der Waals surface area contributed by atoms with Crippen molar-refractivity contribution in [2.45, 2.75) is 58.0 Å². The maximum Gasteiger partial charge on any atom is 0.407 e. The lowest BCUT2D eigenvalue weighted by molar-refractivity contribution is -0.150.